The lowest BCUT2D eigenvalue weighted by Crippen LogP contribution is -2.33. The van der Waals surface area contributed by atoms with Gasteiger partial charge in [-0.25, -0.2) is 8.42 Å². The first-order valence-electron chi connectivity index (χ1n) is 9.94. The Kier molecular flexibility index (Phi) is 9.53. The minimum atomic E-state index is -3.81. The molecule has 1 aromatic rings. The first-order chi connectivity index (χ1) is 13.6. The van der Waals surface area contributed by atoms with Crippen LogP contribution in [0.15, 0.2) is 17.0 Å². The van der Waals surface area contributed by atoms with Crippen LogP contribution < -0.4 is 9.47 Å². The number of ketones is 1. The summed E-state index contributed by atoms with van der Waals surface area (Å²) in [6.07, 6.45) is 4.39. The standard InChI is InChI=1S/C21H32N2O5S/c1-6-8-10-27-17-12-16(3)19(13-18(17)28-11-9-7-2)29(25,26)15-21(4,5)20(24)14-23-22/h12-14H,6-11,15H2,1-5H3. The number of ether oxygens (including phenoxy) is 2. The average Bonchev–Trinajstić information content (AvgIpc) is 2.62. The van der Waals surface area contributed by atoms with Gasteiger partial charge in [-0.2, -0.15) is 4.79 Å². The highest BCUT2D eigenvalue weighted by atomic mass is 32.2. The van der Waals surface area contributed by atoms with E-state index < -0.39 is 26.8 Å². The molecule has 0 saturated heterocycles. The van der Waals surface area contributed by atoms with E-state index in [0.29, 0.717) is 30.3 Å². The summed E-state index contributed by atoms with van der Waals surface area (Å²) in [7, 11) is -3.81. The van der Waals surface area contributed by atoms with Crippen molar-refractivity contribution in [3.05, 3.63) is 23.2 Å². The Morgan fingerprint density at radius 2 is 1.62 bits per heavy atom. The van der Waals surface area contributed by atoms with Crippen molar-refractivity contribution in [1.82, 2.24) is 0 Å². The molecule has 0 saturated carbocycles. The molecule has 0 fully saturated rings. The molecule has 1 aromatic carbocycles. The maximum absolute atomic E-state index is 13.1. The van der Waals surface area contributed by atoms with E-state index in [2.05, 4.69) is 11.7 Å². The number of unbranched alkanes of at least 4 members (excludes halogenated alkanes) is 2. The fourth-order valence-corrected chi connectivity index (χ4v) is 4.79. The summed E-state index contributed by atoms with van der Waals surface area (Å²) in [4.78, 5) is 14.9. The van der Waals surface area contributed by atoms with Crippen LogP contribution in [-0.2, 0) is 14.6 Å². The predicted octanol–water partition coefficient (Wildman–Crippen LogP) is 4.02. The molecule has 0 unspecified atom stereocenters. The van der Waals surface area contributed by atoms with Crippen LogP contribution in [0.5, 0.6) is 11.5 Å². The third-order valence-corrected chi connectivity index (χ3v) is 6.69. The summed E-state index contributed by atoms with van der Waals surface area (Å²) < 4.78 is 37.8. The van der Waals surface area contributed by atoms with E-state index >= 15 is 0 Å². The number of hydrogen-bond acceptors (Lipinski definition) is 5. The Labute approximate surface area is 174 Å². The van der Waals surface area contributed by atoms with Gasteiger partial charge in [0.05, 0.1) is 23.9 Å². The van der Waals surface area contributed by atoms with E-state index in [0.717, 1.165) is 31.9 Å². The molecule has 0 aliphatic carbocycles. The number of Topliss-reactive ketones (excluding diaryl/α,β-unsaturated/α-hetero) is 1. The van der Waals surface area contributed by atoms with Crippen LogP contribution in [-0.4, -0.2) is 44.2 Å². The van der Waals surface area contributed by atoms with Gasteiger partial charge in [0.25, 0.3) is 0 Å². The van der Waals surface area contributed by atoms with Crippen LogP contribution in [0, 0.1) is 12.3 Å². The Morgan fingerprint density at radius 3 is 2.10 bits per heavy atom. The fraction of sp³-hybridized carbons (Fsp3) is 0.619. The number of benzene rings is 1. The summed E-state index contributed by atoms with van der Waals surface area (Å²) in [5.74, 6) is -0.0791. The molecule has 1 rings (SSSR count). The molecule has 7 nitrogen and oxygen atoms in total. The van der Waals surface area contributed by atoms with Crippen molar-refractivity contribution in [2.24, 2.45) is 5.41 Å². The van der Waals surface area contributed by atoms with Crippen molar-refractivity contribution < 1.29 is 27.5 Å². The van der Waals surface area contributed by atoms with Crippen LogP contribution >= 0.6 is 0 Å². The van der Waals surface area contributed by atoms with Crippen molar-refractivity contribution in [1.29, 1.82) is 0 Å². The van der Waals surface area contributed by atoms with Crippen LogP contribution in [0.1, 0.15) is 58.9 Å². The zero-order chi connectivity index (χ0) is 22.1. The highest BCUT2D eigenvalue weighted by Gasteiger charge is 2.36. The molecule has 0 aliphatic rings. The van der Waals surface area contributed by atoms with E-state index in [1.807, 2.05) is 6.92 Å². The van der Waals surface area contributed by atoms with Gasteiger partial charge >= 0.3 is 6.21 Å². The second kappa shape index (κ2) is 11.1. The molecular weight excluding hydrogens is 392 g/mol. The molecule has 0 atom stereocenters. The summed E-state index contributed by atoms with van der Waals surface area (Å²) in [6, 6.07) is 3.16. The molecule has 0 spiro atoms. The van der Waals surface area contributed by atoms with Gasteiger partial charge < -0.3 is 15.0 Å². The summed E-state index contributed by atoms with van der Waals surface area (Å²) in [6.45, 7) is 9.79. The number of aryl methyl sites for hydroxylation is 1. The SMILES string of the molecule is CCCCOc1cc(C)c(S(=O)(=O)CC(C)(C)C(=O)C=[N+]=[N-])cc1OCCCC. The second-order valence-corrected chi connectivity index (χ2v) is 9.68. The normalized spacial score (nSPS) is 11.6. The lowest BCUT2D eigenvalue weighted by molar-refractivity contribution is -0.122. The highest BCUT2D eigenvalue weighted by molar-refractivity contribution is 7.91. The smallest absolute Gasteiger partial charge is 0.323 e. The Bertz CT molecular complexity index is 856. The maximum atomic E-state index is 13.1. The van der Waals surface area contributed by atoms with Crippen LogP contribution in [0.25, 0.3) is 5.53 Å². The van der Waals surface area contributed by atoms with E-state index in [4.69, 9.17) is 15.0 Å². The number of rotatable bonds is 13. The fourth-order valence-electron chi connectivity index (χ4n) is 2.71. The Morgan fingerprint density at radius 1 is 1.10 bits per heavy atom. The molecule has 0 N–H and O–H groups in total. The lowest BCUT2D eigenvalue weighted by Gasteiger charge is -2.21. The first-order valence-corrected chi connectivity index (χ1v) is 11.6. The predicted molar refractivity (Wildman–Crippen MR) is 113 cm³/mol. The second-order valence-electron chi connectivity index (χ2n) is 7.72. The molecule has 29 heavy (non-hydrogen) atoms. The minimum absolute atomic E-state index is 0.105. The van der Waals surface area contributed by atoms with Gasteiger partial charge in [0.15, 0.2) is 21.3 Å². The highest BCUT2D eigenvalue weighted by Crippen LogP contribution is 2.35. The van der Waals surface area contributed by atoms with Gasteiger partial charge in [0, 0.05) is 11.5 Å². The molecule has 0 radical (unpaired) electrons. The third kappa shape index (κ3) is 7.29. The third-order valence-electron chi connectivity index (χ3n) is 4.48. The zero-order valence-electron chi connectivity index (χ0n) is 18.0. The van der Waals surface area contributed by atoms with Gasteiger partial charge in [0.1, 0.15) is 0 Å². The van der Waals surface area contributed by atoms with E-state index in [-0.39, 0.29) is 4.90 Å². The largest absolute Gasteiger partial charge is 0.490 e. The van der Waals surface area contributed by atoms with E-state index in [9.17, 15) is 13.2 Å². The van der Waals surface area contributed by atoms with Crippen LogP contribution in [0.4, 0.5) is 0 Å². The quantitative estimate of drug-likeness (QED) is 0.206. The van der Waals surface area contributed by atoms with Crippen molar-refractivity contribution in [3.8, 4) is 11.5 Å². The van der Waals surface area contributed by atoms with Gasteiger partial charge in [0.2, 0.25) is 5.78 Å². The first kappa shape index (κ1) is 24.9. The molecule has 8 heteroatoms. The Hall–Kier alpha value is -2.18. The van der Waals surface area contributed by atoms with Gasteiger partial charge in [-0.3, -0.25) is 4.79 Å². The number of nitrogens with zero attached hydrogens (tertiary/aromatic N) is 2. The van der Waals surface area contributed by atoms with Gasteiger partial charge in [-0.15, -0.1) is 0 Å². The van der Waals surface area contributed by atoms with Crippen LogP contribution in [0.2, 0.25) is 0 Å². The monoisotopic (exact) mass is 424 g/mol. The van der Waals surface area contributed by atoms with Gasteiger partial charge in [-0.1, -0.05) is 40.5 Å². The molecule has 0 aromatic heterocycles. The van der Waals surface area contributed by atoms with Crippen LogP contribution in [0.3, 0.4) is 0 Å². The zero-order valence-corrected chi connectivity index (χ0v) is 18.8. The summed E-state index contributed by atoms with van der Waals surface area (Å²) in [5, 5.41) is 0. The number of hydrogen-bond donors (Lipinski definition) is 0. The van der Waals surface area contributed by atoms with E-state index in [1.165, 1.54) is 19.9 Å². The van der Waals surface area contributed by atoms with Crippen molar-refractivity contribution in [2.75, 3.05) is 19.0 Å². The molecule has 0 bridgehead atoms. The molecular formula is C21H32N2O5S. The summed E-state index contributed by atoms with van der Waals surface area (Å²) >= 11 is 0. The topological polar surface area (TPSA) is 106 Å². The number of carbonyl (C=O) groups excluding carboxylic acids is 1. The van der Waals surface area contributed by atoms with E-state index in [1.54, 1.807) is 13.0 Å². The molecule has 0 aliphatic heterocycles. The minimum Gasteiger partial charge on any atom is -0.490 e. The average molecular weight is 425 g/mol. The van der Waals surface area contributed by atoms with Crippen molar-refractivity contribution >= 4 is 21.8 Å². The molecule has 0 heterocycles. The van der Waals surface area contributed by atoms with Crippen molar-refractivity contribution in [3.63, 3.8) is 0 Å². The maximum Gasteiger partial charge on any atom is 0.323 e. The number of carbonyl (C=O) groups is 1. The molecule has 162 valence electrons. The lowest BCUT2D eigenvalue weighted by atomic mass is 9.91. The number of sulfone groups is 1. The molecule has 0 amide bonds. The summed E-state index contributed by atoms with van der Waals surface area (Å²) in [5.41, 5.74) is 7.87. The van der Waals surface area contributed by atoms with Gasteiger partial charge in [-0.05, 0) is 31.4 Å². The Balaban J connectivity index is 3.29. The van der Waals surface area contributed by atoms with Crippen molar-refractivity contribution in [2.45, 2.75) is 65.2 Å².